The minimum Gasteiger partial charge on any atom is -0.507 e. The summed E-state index contributed by atoms with van der Waals surface area (Å²) in [6.45, 7) is 7.41. The number of hydrogen-bond acceptors (Lipinski definition) is 11. The van der Waals surface area contributed by atoms with Gasteiger partial charge in [-0.2, -0.15) is 0 Å². The Bertz CT molecular complexity index is 1860. The summed E-state index contributed by atoms with van der Waals surface area (Å²) in [6, 6.07) is 2.48. The zero-order valence-corrected chi connectivity index (χ0v) is 36.0. The van der Waals surface area contributed by atoms with Gasteiger partial charge in [-0.05, 0) is 88.5 Å². The summed E-state index contributed by atoms with van der Waals surface area (Å²) >= 11 is 0. The molecule has 0 fully saturated rings. The molecule has 5 atom stereocenters. The number of unbranched alkanes of at least 4 members (excludes halogenated alkanes) is 7. The van der Waals surface area contributed by atoms with E-state index in [1.165, 1.54) is 90.3 Å². The summed E-state index contributed by atoms with van der Waals surface area (Å²) in [5.41, 5.74) is 6.66. The number of phenolic OH excluding ortho intramolecular Hbond substituents is 2. The molecule has 0 aliphatic carbocycles. The Balaban J connectivity index is 1.90. The van der Waals surface area contributed by atoms with E-state index in [1.807, 2.05) is 0 Å². The first kappa shape index (κ1) is 48.8. The number of hydrogen-bond donors (Lipinski definition) is 8. The molecule has 4 amide bonds. The van der Waals surface area contributed by atoms with Crippen molar-refractivity contribution in [2.24, 2.45) is 5.73 Å². The van der Waals surface area contributed by atoms with E-state index in [1.54, 1.807) is 6.07 Å². The molecule has 1 aliphatic heterocycles. The van der Waals surface area contributed by atoms with Crippen LogP contribution in [0.15, 0.2) is 36.4 Å². The third kappa shape index (κ3) is 15.2. The van der Waals surface area contributed by atoms with Crippen LogP contribution in [0.25, 0.3) is 11.1 Å². The normalized spacial score (nSPS) is 18.2. The van der Waals surface area contributed by atoms with Gasteiger partial charge in [0.05, 0.1) is 11.8 Å². The Morgan fingerprint density at radius 3 is 2.17 bits per heavy atom. The third-order valence-corrected chi connectivity index (χ3v) is 11.9. The zero-order chi connectivity index (χ0) is 43.7. The second-order valence-electron chi connectivity index (χ2n) is 15.5. The fourth-order valence-electron chi connectivity index (χ4n) is 6.85. The molecule has 4 bridgehead atoms. The summed E-state index contributed by atoms with van der Waals surface area (Å²) in [4.78, 5) is 68.5. The van der Waals surface area contributed by atoms with Gasteiger partial charge in [0.15, 0.2) is 5.78 Å². The average Bonchev–Trinajstić information content (AvgIpc) is 3.18. The lowest BCUT2D eigenvalue weighted by atomic mass is 9.93. The van der Waals surface area contributed by atoms with Gasteiger partial charge in [0.25, 0.3) is 0 Å². The second kappa shape index (κ2) is 23.9. The van der Waals surface area contributed by atoms with E-state index in [2.05, 4.69) is 32.9 Å². The molecular formula is C42H65N7O9S. The van der Waals surface area contributed by atoms with Crippen molar-refractivity contribution < 1.29 is 42.6 Å². The molecule has 2 aromatic carbocycles. The van der Waals surface area contributed by atoms with Crippen molar-refractivity contribution in [1.82, 2.24) is 30.9 Å². The van der Waals surface area contributed by atoms with Gasteiger partial charge in [-0.1, -0.05) is 64.0 Å². The minimum atomic E-state index is -3.99. The van der Waals surface area contributed by atoms with Gasteiger partial charge in [-0.3, -0.25) is 24.0 Å². The lowest BCUT2D eigenvalue weighted by Crippen LogP contribution is -2.56. The third-order valence-electron chi connectivity index (χ3n) is 10.5. The number of aromatic hydroxyl groups is 2. The van der Waals surface area contributed by atoms with E-state index in [4.69, 9.17) is 5.73 Å². The van der Waals surface area contributed by atoms with Crippen LogP contribution < -0.4 is 31.7 Å². The lowest BCUT2D eigenvalue weighted by Gasteiger charge is -2.32. The monoisotopic (exact) mass is 843 g/mol. The molecule has 3 rings (SSSR count). The minimum absolute atomic E-state index is 0.0327. The molecule has 0 aromatic heterocycles. The summed E-state index contributed by atoms with van der Waals surface area (Å²) in [5, 5.41) is 33.0. The van der Waals surface area contributed by atoms with E-state index in [9.17, 15) is 42.6 Å². The van der Waals surface area contributed by atoms with Crippen LogP contribution in [-0.4, -0.2) is 110 Å². The smallest absolute Gasteiger partial charge is 0.248 e. The number of carbonyl (C=O) groups excluding carboxylic acids is 5. The van der Waals surface area contributed by atoms with E-state index in [0.717, 1.165) is 24.2 Å². The van der Waals surface area contributed by atoms with Crippen LogP contribution in [0.2, 0.25) is 0 Å². The fourth-order valence-corrected chi connectivity index (χ4v) is 8.03. The van der Waals surface area contributed by atoms with Crippen LogP contribution >= 0.6 is 0 Å². The number of Topliss-reactive ketones (excluding diaryl/α,β-unsaturated/α-hetero) is 1. The maximum absolute atomic E-state index is 14.3. The van der Waals surface area contributed by atoms with E-state index in [-0.39, 0.29) is 72.1 Å². The zero-order valence-electron chi connectivity index (χ0n) is 35.1. The molecule has 1 aliphatic rings. The maximum Gasteiger partial charge on any atom is 0.248 e. The van der Waals surface area contributed by atoms with Gasteiger partial charge in [-0.25, -0.2) is 13.1 Å². The van der Waals surface area contributed by atoms with Crippen LogP contribution in [0, 0.1) is 0 Å². The van der Waals surface area contributed by atoms with Crippen molar-refractivity contribution in [2.75, 3.05) is 32.4 Å². The van der Waals surface area contributed by atoms with Gasteiger partial charge in [0.1, 0.15) is 35.7 Å². The Morgan fingerprint density at radius 1 is 0.898 bits per heavy atom. The molecule has 2 aromatic rings. The largest absolute Gasteiger partial charge is 0.507 e. The quantitative estimate of drug-likeness (QED) is 0.0801. The predicted molar refractivity (Wildman–Crippen MR) is 227 cm³/mol. The summed E-state index contributed by atoms with van der Waals surface area (Å²) < 4.78 is 29.2. The summed E-state index contributed by atoms with van der Waals surface area (Å²) in [5.74, 6) is -4.09. The highest BCUT2D eigenvalue weighted by molar-refractivity contribution is 7.89. The molecule has 16 nitrogen and oxygen atoms in total. The molecule has 0 saturated heterocycles. The molecule has 328 valence electrons. The number of nitrogens with two attached hydrogens (primary N) is 1. The number of phenols is 2. The fraction of sp³-hybridized carbons (Fsp3) is 0.595. The molecule has 1 heterocycles. The molecule has 0 radical (unpaired) electrons. The number of fused-ring (bicyclic) bond motifs is 5. The van der Waals surface area contributed by atoms with Gasteiger partial charge < -0.3 is 42.1 Å². The van der Waals surface area contributed by atoms with E-state index >= 15 is 0 Å². The van der Waals surface area contributed by atoms with Crippen molar-refractivity contribution in [1.29, 1.82) is 0 Å². The Labute approximate surface area is 348 Å². The predicted octanol–water partition coefficient (Wildman–Crippen LogP) is 2.66. The molecular weight excluding hydrogens is 779 g/mol. The number of carbonyl (C=O) groups is 5. The van der Waals surface area contributed by atoms with Gasteiger partial charge >= 0.3 is 0 Å². The number of nitrogens with one attached hydrogen (secondary N) is 5. The second-order valence-corrected chi connectivity index (χ2v) is 17.3. The van der Waals surface area contributed by atoms with Crippen molar-refractivity contribution in [3.05, 3.63) is 47.5 Å². The summed E-state index contributed by atoms with van der Waals surface area (Å²) in [7, 11) is -2.66. The molecule has 9 N–H and O–H groups in total. The Morgan fingerprint density at radius 2 is 1.53 bits per heavy atom. The maximum atomic E-state index is 14.3. The van der Waals surface area contributed by atoms with Crippen LogP contribution in [0.4, 0.5) is 0 Å². The van der Waals surface area contributed by atoms with Crippen molar-refractivity contribution in [3.63, 3.8) is 0 Å². The van der Waals surface area contributed by atoms with Crippen LogP contribution in [0.5, 0.6) is 11.5 Å². The van der Waals surface area contributed by atoms with Crippen LogP contribution in [-0.2, 0) is 40.4 Å². The first-order chi connectivity index (χ1) is 28.0. The first-order valence-corrected chi connectivity index (χ1v) is 22.4. The van der Waals surface area contributed by atoms with E-state index in [0.29, 0.717) is 12.1 Å². The van der Waals surface area contributed by atoms with Crippen molar-refractivity contribution in [2.45, 2.75) is 129 Å². The van der Waals surface area contributed by atoms with Crippen LogP contribution in [0.1, 0.15) is 109 Å². The average molecular weight is 844 g/mol. The Kier molecular flexibility index (Phi) is 19.7. The van der Waals surface area contributed by atoms with Gasteiger partial charge in [-0.15, -0.1) is 0 Å². The number of ketones is 1. The lowest BCUT2D eigenvalue weighted by molar-refractivity contribution is -0.141. The molecule has 0 unspecified atom stereocenters. The highest BCUT2D eigenvalue weighted by atomic mass is 32.2. The first-order valence-electron chi connectivity index (χ1n) is 20.7. The molecule has 0 spiro atoms. The molecule has 17 heteroatoms. The number of amides is 4. The van der Waals surface area contributed by atoms with E-state index < -0.39 is 63.9 Å². The molecule has 0 saturated carbocycles. The number of benzene rings is 2. The number of nitrogens with zero attached hydrogens (tertiary/aromatic N) is 1. The highest BCUT2D eigenvalue weighted by Gasteiger charge is 2.36. The van der Waals surface area contributed by atoms with Crippen LogP contribution in [0.3, 0.4) is 0 Å². The topological polar surface area (TPSA) is 249 Å². The number of likely N-dealkylation sites (N-methyl/N-ethyl adjacent to an activating group) is 1. The summed E-state index contributed by atoms with van der Waals surface area (Å²) in [6.07, 6.45) is 9.49. The van der Waals surface area contributed by atoms with Crippen molar-refractivity contribution in [3.8, 4) is 22.6 Å². The van der Waals surface area contributed by atoms with Gasteiger partial charge in [0.2, 0.25) is 33.7 Å². The van der Waals surface area contributed by atoms with Gasteiger partial charge in [0, 0.05) is 31.1 Å². The van der Waals surface area contributed by atoms with Crippen molar-refractivity contribution >= 4 is 39.4 Å². The highest BCUT2D eigenvalue weighted by Crippen LogP contribution is 2.39. The molecule has 59 heavy (non-hydrogen) atoms. The standard InChI is InChI=1S/C42H65N7O9S/c1-6-7-8-9-10-11-12-13-21-44-22-23-59(57,58)48-34(15-14-20-43)42(56)49(5)38-31-17-19-37(52)33(26-31)32-24-30(16-18-36(32)51)25-35(40(54)45-27(2)29(4)50)47-39(53)28(3)46-41(38)55/h16-19,24,26-28,34-35,38,44,48,51-52H,6-15,20-23,25,43H2,1-5H3,(H,45,54)(H,46,55)(H,47,53)/t27-,28-,34-,35-,38-/m0/s1. The SMILES string of the molecule is CCCCCCCCCCNCCS(=O)(=O)N[C@@H](CCCN)C(=O)N(C)[C@@H]1C(=O)N[C@@H](C)C(=O)N[C@H](C(=O)N[C@@H](C)C(C)=O)Cc2ccc(O)c(c2)-c2cc1ccc2O. The number of sulfonamides is 1. The Hall–Kier alpha value is -4.58. The number of rotatable bonds is 22.